The average Bonchev–Trinajstić information content (AvgIpc) is 2.78. The van der Waals surface area contributed by atoms with Gasteiger partial charge in [-0.1, -0.05) is 11.6 Å². The van der Waals surface area contributed by atoms with E-state index < -0.39 is 23.3 Å². The summed E-state index contributed by atoms with van der Waals surface area (Å²) in [7, 11) is 0. The molecule has 1 N–H and O–H groups in total. The minimum atomic E-state index is -0.792. The third-order valence-corrected chi connectivity index (χ3v) is 3.57. The zero-order chi connectivity index (χ0) is 17.3. The number of benzene rings is 2. The van der Waals surface area contributed by atoms with Crippen LogP contribution >= 0.6 is 11.6 Å². The number of fused-ring (bicyclic) bond motifs is 1. The van der Waals surface area contributed by atoms with Gasteiger partial charge in [-0.25, -0.2) is 13.6 Å². The summed E-state index contributed by atoms with van der Waals surface area (Å²) >= 11 is 5.83. The first-order chi connectivity index (χ1) is 11.4. The fraction of sp³-hybridized carbons (Fsp3) is 0.125. The van der Waals surface area contributed by atoms with Gasteiger partial charge in [0.2, 0.25) is 5.91 Å². The smallest absolute Gasteiger partial charge is 0.408 e. The van der Waals surface area contributed by atoms with E-state index in [0.29, 0.717) is 22.2 Å². The van der Waals surface area contributed by atoms with Crippen molar-refractivity contribution in [1.82, 2.24) is 4.57 Å². The number of carbonyl (C=O) groups is 1. The summed E-state index contributed by atoms with van der Waals surface area (Å²) in [5.41, 5.74) is 0.836. The number of nitrogens with one attached hydrogen (secondary N) is 1. The van der Waals surface area contributed by atoms with Crippen molar-refractivity contribution in [1.29, 1.82) is 0 Å². The van der Waals surface area contributed by atoms with E-state index in [0.717, 1.165) is 12.1 Å². The molecule has 1 aromatic heterocycles. The molecule has 0 radical (unpaired) electrons. The highest BCUT2D eigenvalue weighted by Crippen LogP contribution is 2.19. The third kappa shape index (κ3) is 3.46. The van der Waals surface area contributed by atoms with Crippen LogP contribution < -0.4 is 11.1 Å². The highest BCUT2D eigenvalue weighted by Gasteiger charge is 2.12. The van der Waals surface area contributed by atoms with Crippen molar-refractivity contribution in [2.24, 2.45) is 0 Å². The number of aromatic nitrogens is 1. The van der Waals surface area contributed by atoms with Crippen LogP contribution in [0, 0.1) is 11.6 Å². The van der Waals surface area contributed by atoms with Gasteiger partial charge in [0, 0.05) is 35.8 Å². The van der Waals surface area contributed by atoms with E-state index in [-0.39, 0.29) is 18.7 Å². The monoisotopic (exact) mass is 352 g/mol. The molecule has 0 aliphatic heterocycles. The molecule has 5 nitrogen and oxygen atoms in total. The molecular formula is C16H11ClF2N2O3. The van der Waals surface area contributed by atoms with Crippen LogP contribution in [0.25, 0.3) is 11.1 Å². The maximum atomic E-state index is 13.1. The Bertz CT molecular complexity index is 961. The van der Waals surface area contributed by atoms with Gasteiger partial charge < -0.3 is 9.73 Å². The van der Waals surface area contributed by atoms with Crippen LogP contribution in [0.4, 0.5) is 14.5 Å². The number of anilines is 1. The molecule has 0 bridgehead atoms. The normalized spacial score (nSPS) is 11.0. The van der Waals surface area contributed by atoms with Crippen LogP contribution in [0.3, 0.4) is 0 Å². The summed E-state index contributed by atoms with van der Waals surface area (Å²) in [5, 5.41) is 2.80. The summed E-state index contributed by atoms with van der Waals surface area (Å²) in [6.07, 6.45) is -0.0741. The summed E-state index contributed by atoms with van der Waals surface area (Å²) in [6.45, 7) is 0.0527. The predicted octanol–water partition coefficient (Wildman–Crippen LogP) is 3.55. The van der Waals surface area contributed by atoms with E-state index >= 15 is 0 Å². The molecule has 3 aromatic rings. The van der Waals surface area contributed by atoms with Gasteiger partial charge in [-0.3, -0.25) is 9.36 Å². The first-order valence-corrected chi connectivity index (χ1v) is 7.35. The van der Waals surface area contributed by atoms with Crippen molar-refractivity contribution in [2.75, 3.05) is 5.32 Å². The molecule has 2 aromatic carbocycles. The third-order valence-electron chi connectivity index (χ3n) is 3.34. The molecule has 1 heterocycles. The molecule has 3 rings (SSSR count). The van der Waals surface area contributed by atoms with Crippen LogP contribution in [0.2, 0.25) is 5.02 Å². The number of carbonyl (C=O) groups excluding carboxylic acids is 1. The highest BCUT2D eigenvalue weighted by atomic mass is 35.5. The summed E-state index contributed by atoms with van der Waals surface area (Å²) in [5.74, 6) is -2.69. The molecule has 24 heavy (non-hydrogen) atoms. The van der Waals surface area contributed by atoms with Gasteiger partial charge >= 0.3 is 5.76 Å². The predicted molar refractivity (Wildman–Crippen MR) is 85.1 cm³/mol. The van der Waals surface area contributed by atoms with Crippen LogP contribution in [0.1, 0.15) is 6.42 Å². The maximum absolute atomic E-state index is 13.1. The first kappa shape index (κ1) is 16.2. The van der Waals surface area contributed by atoms with E-state index in [2.05, 4.69) is 5.32 Å². The van der Waals surface area contributed by atoms with Gasteiger partial charge in [-0.2, -0.15) is 0 Å². The lowest BCUT2D eigenvalue weighted by molar-refractivity contribution is -0.116. The van der Waals surface area contributed by atoms with Crippen molar-refractivity contribution < 1.29 is 18.0 Å². The Morgan fingerprint density at radius 3 is 2.58 bits per heavy atom. The molecule has 0 spiro atoms. The Hall–Kier alpha value is -2.67. The molecule has 0 unspecified atom stereocenters. The van der Waals surface area contributed by atoms with Crippen molar-refractivity contribution in [3.8, 4) is 0 Å². The quantitative estimate of drug-likeness (QED) is 0.781. The molecule has 1 amide bonds. The molecule has 0 saturated heterocycles. The number of hydrogen-bond donors (Lipinski definition) is 1. The number of aryl methyl sites for hydroxylation is 1. The number of oxazole rings is 1. The SMILES string of the molecule is O=C(CCn1c(=O)oc2cc(Cl)ccc21)Nc1cc(F)cc(F)c1. The van der Waals surface area contributed by atoms with E-state index in [1.54, 1.807) is 12.1 Å². The minimum absolute atomic E-state index is 0.00804. The lowest BCUT2D eigenvalue weighted by Crippen LogP contribution is -2.19. The molecule has 0 saturated carbocycles. The van der Waals surface area contributed by atoms with Gasteiger partial charge in [0.15, 0.2) is 5.58 Å². The van der Waals surface area contributed by atoms with Gasteiger partial charge in [0.05, 0.1) is 5.52 Å². The lowest BCUT2D eigenvalue weighted by Gasteiger charge is -2.06. The number of amides is 1. The lowest BCUT2D eigenvalue weighted by atomic mass is 10.2. The second-order valence-electron chi connectivity index (χ2n) is 5.09. The molecule has 124 valence electrons. The average molecular weight is 353 g/mol. The van der Waals surface area contributed by atoms with E-state index in [1.165, 1.54) is 10.6 Å². The number of hydrogen-bond acceptors (Lipinski definition) is 3. The van der Waals surface area contributed by atoms with Crippen molar-refractivity contribution in [3.05, 3.63) is 63.6 Å². The van der Waals surface area contributed by atoms with Gasteiger partial charge in [-0.15, -0.1) is 0 Å². The number of halogens is 3. The van der Waals surface area contributed by atoms with Crippen LogP contribution in [-0.2, 0) is 11.3 Å². The molecule has 8 heteroatoms. The van der Waals surface area contributed by atoms with Crippen LogP contribution in [-0.4, -0.2) is 10.5 Å². The second kappa shape index (κ2) is 6.45. The Balaban J connectivity index is 1.72. The zero-order valence-corrected chi connectivity index (χ0v) is 12.9. The Labute approximate surface area is 139 Å². The summed E-state index contributed by atoms with van der Waals surface area (Å²) in [4.78, 5) is 23.7. The summed E-state index contributed by atoms with van der Waals surface area (Å²) < 4.78 is 32.5. The number of nitrogens with zero attached hydrogens (tertiary/aromatic N) is 1. The molecule has 0 fully saturated rings. The van der Waals surface area contributed by atoms with Crippen molar-refractivity contribution >= 4 is 34.3 Å². The molecule has 0 atom stereocenters. The van der Waals surface area contributed by atoms with Gasteiger partial charge in [0.1, 0.15) is 11.6 Å². The zero-order valence-electron chi connectivity index (χ0n) is 12.2. The van der Waals surface area contributed by atoms with Crippen LogP contribution in [0.15, 0.2) is 45.6 Å². The molecule has 0 aliphatic carbocycles. The first-order valence-electron chi connectivity index (χ1n) is 6.97. The minimum Gasteiger partial charge on any atom is -0.408 e. The fourth-order valence-electron chi connectivity index (χ4n) is 2.31. The topological polar surface area (TPSA) is 64.2 Å². The van der Waals surface area contributed by atoms with Crippen molar-refractivity contribution in [2.45, 2.75) is 13.0 Å². The van der Waals surface area contributed by atoms with E-state index in [1.807, 2.05) is 0 Å². The fourth-order valence-corrected chi connectivity index (χ4v) is 2.48. The Morgan fingerprint density at radius 1 is 1.17 bits per heavy atom. The highest BCUT2D eigenvalue weighted by molar-refractivity contribution is 6.31. The van der Waals surface area contributed by atoms with Crippen LogP contribution in [0.5, 0.6) is 0 Å². The maximum Gasteiger partial charge on any atom is 0.419 e. The van der Waals surface area contributed by atoms with Crippen molar-refractivity contribution in [3.63, 3.8) is 0 Å². The summed E-state index contributed by atoms with van der Waals surface area (Å²) in [6, 6.07) is 7.43. The number of rotatable bonds is 4. The Morgan fingerprint density at radius 2 is 1.88 bits per heavy atom. The second-order valence-corrected chi connectivity index (χ2v) is 5.52. The van der Waals surface area contributed by atoms with Gasteiger partial charge in [0.25, 0.3) is 0 Å². The molecular weight excluding hydrogens is 342 g/mol. The largest absolute Gasteiger partial charge is 0.419 e. The standard InChI is InChI=1S/C16H11ClF2N2O3/c17-9-1-2-13-14(5-9)24-16(23)21(13)4-3-15(22)20-12-7-10(18)6-11(19)8-12/h1-2,5-8H,3-4H2,(H,20,22). The Kier molecular flexibility index (Phi) is 4.35. The molecule has 0 aliphatic rings. The van der Waals surface area contributed by atoms with E-state index in [9.17, 15) is 18.4 Å². The van der Waals surface area contributed by atoms with Gasteiger partial charge in [-0.05, 0) is 24.3 Å². The van der Waals surface area contributed by atoms with E-state index in [4.69, 9.17) is 16.0 Å².